The molecule has 0 saturated carbocycles. The van der Waals surface area contributed by atoms with E-state index in [1.165, 1.54) is 11.4 Å². The van der Waals surface area contributed by atoms with E-state index < -0.39 is 0 Å². The van der Waals surface area contributed by atoms with Crippen molar-refractivity contribution < 1.29 is 9.63 Å². The van der Waals surface area contributed by atoms with Gasteiger partial charge in [-0.2, -0.15) is 0 Å². The van der Waals surface area contributed by atoms with Gasteiger partial charge in [0.05, 0.1) is 18.7 Å². The van der Waals surface area contributed by atoms with Crippen LogP contribution in [0.25, 0.3) is 5.69 Å². The van der Waals surface area contributed by atoms with Crippen LogP contribution in [0.1, 0.15) is 18.4 Å². The first-order chi connectivity index (χ1) is 9.83. The highest BCUT2D eigenvalue weighted by molar-refractivity contribution is 5.77. The van der Waals surface area contributed by atoms with Gasteiger partial charge in [-0.25, -0.2) is 9.75 Å². The quantitative estimate of drug-likeness (QED) is 0.825. The molecule has 2 aromatic rings. The Morgan fingerprint density at radius 1 is 1.25 bits per heavy atom. The van der Waals surface area contributed by atoms with Crippen LogP contribution in [0.15, 0.2) is 30.6 Å². The van der Waals surface area contributed by atoms with Gasteiger partial charge in [0, 0.05) is 6.54 Å². The van der Waals surface area contributed by atoms with E-state index in [1.54, 1.807) is 4.68 Å². The average Bonchev–Trinajstić information content (AvgIpc) is 3.03. The summed E-state index contributed by atoms with van der Waals surface area (Å²) in [4.78, 5) is 17.4. The molecule has 2 heterocycles. The summed E-state index contributed by atoms with van der Waals surface area (Å²) in [5.41, 5.74) is 1.81. The maximum Gasteiger partial charge on any atom is 0.250 e. The molecule has 3 rings (SSSR count). The van der Waals surface area contributed by atoms with E-state index in [2.05, 4.69) is 15.5 Å². The lowest BCUT2D eigenvalue weighted by molar-refractivity contribution is -0.196. The second kappa shape index (κ2) is 5.79. The summed E-state index contributed by atoms with van der Waals surface area (Å²) in [6, 6.07) is 7.57. The first kappa shape index (κ1) is 12.7. The summed E-state index contributed by atoms with van der Waals surface area (Å²) in [6.07, 6.45) is 3.89. The summed E-state index contributed by atoms with van der Waals surface area (Å²) in [6.45, 7) is 1.31. The first-order valence-corrected chi connectivity index (χ1v) is 6.58. The zero-order chi connectivity index (χ0) is 13.8. The fourth-order valence-electron chi connectivity index (χ4n) is 2.10. The van der Waals surface area contributed by atoms with Gasteiger partial charge in [0.2, 0.25) is 0 Å². The Kier molecular flexibility index (Phi) is 3.69. The van der Waals surface area contributed by atoms with E-state index in [9.17, 15) is 4.79 Å². The summed E-state index contributed by atoms with van der Waals surface area (Å²) in [7, 11) is 0. The molecule has 0 N–H and O–H groups in total. The molecular formula is C13H15N5O2. The van der Waals surface area contributed by atoms with Gasteiger partial charge < -0.3 is 0 Å². The Balaban J connectivity index is 1.64. The van der Waals surface area contributed by atoms with Gasteiger partial charge in [-0.15, -0.1) is 5.10 Å². The van der Waals surface area contributed by atoms with E-state index in [1.807, 2.05) is 24.3 Å². The van der Waals surface area contributed by atoms with Gasteiger partial charge in [-0.3, -0.25) is 9.63 Å². The molecule has 1 saturated heterocycles. The molecular weight excluding hydrogens is 258 g/mol. The number of tetrazole rings is 1. The van der Waals surface area contributed by atoms with Crippen LogP contribution in [0.5, 0.6) is 0 Å². The highest BCUT2D eigenvalue weighted by atomic mass is 16.7. The number of hydrogen-bond donors (Lipinski definition) is 0. The first-order valence-electron chi connectivity index (χ1n) is 6.58. The van der Waals surface area contributed by atoms with Crippen molar-refractivity contribution in [3.8, 4) is 5.69 Å². The van der Waals surface area contributed by atoms with Gasteiger partial charge >= 0.3 is 0 Å². The number of carbonyl (C=O) groups excluding carboxylic acids is 1. The molecule has 1 aliphatic heterocycles. The van der Waals surface area contributed by atoms with Crippen molar-refractivity contribution in [1.29, 1.82) is 0 Å². The van der Waals surface area contributed by atoms with E-state index in [4.69, 9.17) is 4.84 Å². The van der Waals surface area contributed by atoms with Gasteiger partial charge in [-0.1, -0.05) is 12.1 Å². The van der Waals surface area contributed by atoms with Gasteiger partial charge in [0.1, 0.15) is 6.33 Å². The third-order valence-corrected chi connectivity index (χ3v) is 3.19. The lowest BCUT2D eigenvalue weighted by Crippen LogP contribution is -2.36. The van der Waals surface area contributed by atoms with Gasteiger partial charge in [0.25, 0.3) is 5.91 Å². The summed E-state index contributed by atoms with van der Waals surface area (Å²) in [5, 5.41) is 12.5. The zero-order valence-electron chi connectivity index (χ0n) is 11.0. The van der Waals surface area contributed by atoms with Crippen molar-refractivity contribution in [1.82, 2.24) is 25.3 Å². The maximum atomic E-state index is 12.0. The largest absolute Gasteiger partial charge is 0.272 e. The van der Waals surface area contributed by atoms with Crippen LogP contribution >= 0.6 is 0 Å². The van der Waals surface area contributed by atoms with Crippen LogP contribution in [-0.2, 0) is 16.1 Å². The Bertz CT molecular complexity index is 561. The second-order valence-electron chi connectivity index (χ2n) is 4.63. The number of hydrogen-bond acceptors (Lipinski definition) is 5. The molecule has 20 heavy (non-hydrogen) atoms. The average molecular weight is 273 g/mol. The molecule has 7 heteroatoms. The van der Waals surface area contributed by atoms with E-state index in [0.717, 1.165) is 24.1 Å². The summed E-state index contributed by atoms with van der Waals surface area (Å²) < 4.78 is 1.57. The number of amides is 1. The molecule has 1 amide bonds. The lowest BCUT2D eigenvalue weighted by atomic mass is 10.1. The minimum Gasteiger partial charge on any atom is -0.272 e. The van der Waals surface area contributed by atoms with Crippen LogP contribution in [-0.4, -0.2) is 44.3 Å². The highest BCUT2D eigenvalue weighted by Gasteiger charge is 2.17. The van der Waals surface area contributed by atoms with Crippen molar-refractivity contribution in [2.24, 2.45) is 0 Å². The molecule has 0 aliphatic carbocycles. The van der Waals surface area contributed by atoms with Crippen molar-refractivity contribution in [3.05, 3.63) is 36.2 Å². The molecule has 0 radical (unpaired) electrons. The fraction of sp³-hybridized carbons (Fsp3) is 0.385. The number of benzene rings is 1. The predicted molar refractivity (Wildman–Crippen MR) is 69.8 cm³/mol. The molecule has 0 spiro atoms. The molecule has 0 atom stereocenters. The molecule has 7 nitrogen and oxygen atoms in total. The molecule has 1 aromatic carbocycles. The SMILES string of the molecule is O=C(Cc1ccc(-n2cnnn2)cc1)N1CCCCO1. The fourth-order valence-corrected chi connectivity index (χ4v) is 2.10. The highest BCUT2D eigenvalue weighted by Crippen LogP contribution is 2.12. The van der Waals surface area contributed by atoms with Gasteiger partial charge in [-0.05, 0) is 41.0 Å². The van der Waals surface area contributed by atoms with Crippen LogP contribution in [0.4, 0.5) is 0 Å². The van der Waals surface area contributed by atoms with E-state index in [-0.39, 0.29) is 5.91 Å². The predicted octanol–water partition coefficient (Wildman–Crippen LogP) is 0.759. The van der Waals surface area contributed by atoms with Crippen LogP contribution < -0.4 is 0 Å². The van der Waals surface area contributed by atoms with E-state index >= 15 is 0 Å². The number of aromatic nitrogens is 4. The zero-order valence-corrected chi connectivity index (χ0v) is 11.0. The van der Waals surface area contributed by atoms with Crippen LogP contribution in [0, 0.1) is 0 Å². The van der Waals surface area contributed by atoms with Crippen LogP contribution in [0.2, 0.25) is 0 Å². The monoisotopic (exact) mass is 273 g/mol. The summed E-state index contributed by atoms with van der Waals surface area (Å²) in [5.74, 6) is -0.000118. The van der Waals surface area contributed by atoms with Gasteiger partial charge in [0.15, 0.2) is 0 Å². The number of rotatable bonds is 3. The Morgan fingerprint density at radius 2 is 2.10 bits per heavy atom. The van der Waals surface area contributed by atoms with E-state index in [0.29, 0.717) is 19.6 Å². The van der Waals surface area contributed by atoms with Crippen molar-refractivity contribution >= 4 is 5.91 Å². The molecule has 104 valence electrons. The third kappa shape index (κ3) is 2.83. The minimum atomic E-state index is -0.000118. The molecule has 1 aliphatic rings. The maximum absolute atomic E-state index is 12.0. The Morgan fingerprint density at radius 3 is 2.75 bits per heavy atom. The Hall–Kier alpha value is -2.28. The molecule has 0 bridgehead atoms. The smallest absolute Gasteiger partial charge is 0.250 e. The minimum absolute atomic E-state index is 0.000118. The number of carbonyl (C=O) groups is 1. The molecule has 0 unspecified atom stereocenters. The second-order valence-corrected chi connectivity index (χ2v) is 4.63. The lowest BCUT2D eigenvalue weighted by Gasteiger charge is -2.25. The molecule has 1 aromatic heterocycles. The normalized spacial score (nSPS) is 15.3. The standard InChI is InChI=1S/C13H15N5O2/c19-13(18-7-1-2-8-20-18)9-11-3-5-12(6-4-11)17-10-14-15-16-17/h3-6,10H,1-2,7-9H2. The van der Waals surface area contributed by atoms with Crippen molar-refractivity contribution in [3.63, 3.8) is 0 Å². The Labute approximate surface area is 116 Å². The topological polar surface area (TPSA) is 73.1 Å². The van der Waals surface area contributed by atoms with Crippen LogP contribution in [0.3, 0.4) is 0 Å². The number of nitrogens with zero attached hydrogens (tertiary/aromatic N) is 5. The third-order valence-electron chi connectivity index (χ3n) is 3.19. The van der Waals surface area contributed by atoms with Crippen molar-refractivity contribution in [2.75, 3.05) is 13.2 Å². The van der Waals surface area contributed by atoms with Crippen molar-refractivity contribution in [2.45, 2.75) is 19.3 Å². The number of hydroxylamine groups is 2. The summed E-state index contributed by atoms with van der Waals surface area (Å²) >= 11 is 0. The molecule has 1 fully saturated rings.